The molecule has 2 atom stereocenters. The molecular weight excluding hydrogens is 232 g/mol. The molecule has 2 rings (SSSR count). The number of rotatable bonds is 2. The van der Waals surface area contributed by atoms with E-state index >= 15 is 0 Å². The maximum absolute atomic E-state index is 12.2. The second-order valence-corrected chi connectivity index (χ2v) is 8.55. The summed E-state index contributed by atoms with van der Waals surface area (Å²) in [6.45, 7) is 8.38. The third-order valence-corrected chi connectivity index (χ3v) is 5.92. The molecule has 0 amide bonds. The highest BCUT2D eigenvalue weighted by Crippen LogP contribution is 2.45. The lowest BCUT2D eigenvalue weighted by molar-refractivity contribution is 0.175. The van der Waals surface area contributed by atoms with Crippen molar-refractivity contribution >= 4 is 11.0 Å². The highest BCUT2D eigenvalue weighted by Gasteiger charge is 2.44. The molecule has 0 aromatic carbocycles. The molecule has 0 radical (unpaired) electrons. The van der Waals surface area contributed by atoms with Crippen molar-refractivity contribution in [2.24, 2.45) is 5.41 Å². The van der Waals surface area contributed by atoms with Gasteiger partial charge in [-0.25, -0.2) is 8.93 Å². The molecule has 100 valence electrons. The van der Waals surface area contributed by atoms with Gasteiger partial charge in [0.05, 0.1) is 15.7 Å². The van der Waals surface area contributed by atoms with E-state index in [-0.39, 0.29) is 4.75 Å². The first-order valence-corrected chi connectivity index (χ1v) is 7.98. The normalized spacial score (nSPS) is 30.6. The van der Waals surface area contributed by atoms with Crippen molar-refractivity contribution in [1.82, 2.24) is 10.0 Å². The largest absolute Gasteiger partial charge is 0.317 e. The fraction of sp³-hybridized carbons (Fsp3) is 1.00. The van der Waals surface area contributed by atoms with E-state index in [1.165, 1.54) is 32.1 Å². The van der Waals surface area contributed by atoms with Crippen LogP contribution in [0.25, 0.3) is 0 Å². The Morgan fingerprint density at radius 1 is 1.24 bits per heavy atom. The Morgan fingerprint density at radius 2 is 1.88 bits per heavy atom. The molecule has 17 heavy (non-hydrogen) atoms. The Bertz CT molecular complexity index is 292. The molecule has 0 aromatic heterocycles. The summed E-state index contributed by atoms with van der Waals surface area (Å²) in [5, 5.41) is 3.44. The Labute approximate surface area is 108 Å². The van der Waals surface area contributed by atoms with Crippen molar-refractivity contribution < 1.29 is 4.21 Å². The van der Waals surface area contributed by atoms with E-state index in [1.807, 2.05) is 20.8 Å². The van der Waals surface area contributed by atoms with Crippen LogP contribution in [0.4, 0.5) is 0 Å². The monoisotopic (exact) mass is 258 g/mol. The standard InChI is InChI=1S/C13H26N2OS/c1-12(2,3)17(16)15-11-5-4-6-13(11)7-9-14-10-8-13/h11,14-15H,4-10H2,1-3H3/t11-,17?/m0/s1. The average Bonchev–Trinajstić information content (AvgIpc) is 2.61. The Balaban J connectivity index is 2.02. The van der Waals surface area contributed by atoms with Crippen LogP contribution in [0.3, 0.4) is 0 Å². The quantitative estimate of drug-likeness (QED) is 0.795. The zero-order valence-corrected chi connectivity index (χ0v) is 12.2. The highest BCUT2D eigenvalue weighted by molar-refractivity contribution is 7.84. The Morgan fingerprint density at radius 3 is 2.47 bits per heavy atom. The summed E-state index contributed by atoms with van der Waals surface area (Å²) < 4.78 is 15.5. The summed E-state index contributed by atoms with van der Waals surface area (Å²) in [7, 11) is -0.925. The first kappa shape index (κ1) is 13.5. The van der Waals surface area contributed by atoms with Crippen LogP contribution >= 0.6 is 0 Å². The molecule has 0 bridgehead atoms. The van der Waals surface area contributed by atoms with E-state index in [0.29, 0.717) is 11.5 Å². The molecule has 1 unspecified atom stereocenters. The zero-order chi connectivity index (χ0) is 12.5. The topological polar surface area (TPSA) is 41.1 Å². The first-order valence-electron chi connectivity index (χ1n) is 6.83. The summed E-state index contributed by atoms with van der Waals surface area (Å²) in [5.74, 6) is 0. The minimum absolute atomic E-state index is 0.156. The van der Waals surface area contributed by atoms with Crippen molar-refractivity contribution in [2.45, 2.75) is 63.7 Å². The fourth-order valence-electron chi connectivity index (χ4n) is 3.15. The summed E-state index contributed by atoms with van der Waals surface area (Å²) >= 11 is 0. The molecule has 1 heterocycles. The van der Waals surface area contributed by atoms with Crippen LogP contribution < -0.4 is 10.0 Å². The second-order valence-electron chi connectivity index (χ2n) is 6.56. The van der Waals surface area contributed by atoms with Crippen molar-refractivity contribution in [3.05, 3.63) is 0 Å². The van der Waals surface area contributed by atoms with Gasteiger partial charge in [0.25, 0.3) is 0 Å². The lowest BCUT2D eigenvalue weighted by Crippen LogP contribution is -2.50. The predicted octanol–water partition coefficient (Wildman–Crippen LogP) is 1.96. The predicted molar refractivity (Wildman–Crippen MR) is 73.2 cm³/mol. The molecule has 1 aliphatic heterocycles. The van der Waals surface area contributed by atoms with Crippen LogP contribution in [0.15, 0.2) is 0 Å². The SMILES string of the molecule is CC(C)(C)S(=O)N[C@H]1CCCC12CCNCC2. The molecule has 1 saturated carbocycles. The number of nitrogens with one attached hydrogen (secondary N) is 2. The number of hydrogen-bond donors (Lipinski definition) is 2. The van der Waals surface area contributed by atoms with Gasteiger partial charge in [0.2, 0.25) is 0 Å². The zero-order valence-electron chi connectivity index (χ0n) is 11.3. The molecular formula is C13H26N2OS. The lowest BCUT2D eigenvalue weighted by Gasteiger charge is -2.40. The summed E-state index contributed by atoms with van der Waals surface area (Å²) in [5.41, 5.74) is 0.423. The van der Waals surface area contributed by atoms with Crippen LogP contribution in [0, 0.1) is 5.41 Å². The van der Waals surface area contributed by atoms with Crippen molar-refractivity contribution in [3.63, 3.8) is 0 Å². The molecule has 2 fully saturated rings. The van der Waals surface area contributed by atoms with Gasteiger partial charge in [0.15, 0.2) is 0 Å². The van der Waals surface area contributed by atoms with E-state index in [1.54, 1.807) is 0 Å². The van der Waals surface area contributed by atoms with Crippen LogP contribution in [-0.4, -0.2) is 28.1 Å². The Kier molecular flexibility index (Phi) is 3.96. The van der Waals surface area contributed by atoms with Gasteiger partial charge in [-0.05, 0) is 65.0 Å². The maximum Gasteiger partial charge on any atom is 0.0972 e. The van der Waals surface area contributed by atoms with E-state index in [4.69, 9.17) is 0 Å². The van der Waals surface area contributed by atoms with Crippen LogP contribution in [0.1, 0.15) is 52.9 Å². The molecule has 1 aliphatic carbocycles. The third-order valence-electron chi connectivity index (χ3n) is 4.31. The summed E-state index contributed by atoms with van der Waals surface area (Å²) in [6, 6.07) is 0.463. The highest BCUT2D eigenvalue weighted by atomic mass is 32.2. The van der Waals surface area contributed by atoms with Crippen molar-refractivity contribution in [3.8, 4) is 0 Å². The van der Waals surface area contributed by atoms with Gasteiger partial charge >= 0.3 is 0 Å². The summed E-state index contributed by atoms with van der Waals surface area (Å²) in [4.78, 5) is 0. The minimum atomic E-state index is -0.925. The van der Waals surface area contributed by atoms with Gasteiger partial charge in [-0.3, -0.25) is 0 Å². The molecule has 2 N–H and O–H groups in total. The van der Waals surface area contributed by atoms with Crippen molar-refractivity contribution in [1.29, 1.82) is 0 Å². The fourth-order valence-corrected chi connectivity index (χ4v) is 4.13. The van der Waals surface area contributed by atoms with Crippen LogP contribution in [-0.2, 0) is 11.0 Å². The molecule has 1 spiro atoms. The lowest BCUT2D eigenvalue weighted by atomic mass is 9.75. The average molecular weight is 258 g/mol. The second kappa shape index (κ2) is 4.98. The van der Waals surface area contributed by atoms with Gasteiger partial charge < -0.3 is 5.32 Å². The minimum Gasteiger partial charge on any atom is -0.317 e. The van der Waals surface area contributed by atoms with Crippen molar-refractivity contribution in [2.75, 3.05) is 13.1 Å². The maximum atomic E-state index is 12.2. The van der Waals surface area contributed by atoms with E-state index in [0.717, 1.165) is 13.1 Å². The number of piperidine rings is 1. The van der Waals surface area contributed by atoms with Gasteiger partial charge in [-0.2, -0.15) is 0 Å². The molecule has 1 saturated heterocycles. The van der Waals surface area contributed by atoms with Gasteiger partial charge in [0, 0.05) is 6.04 Å². The van der Waals surface area contributed by atoms with Crippen LogP contribution in [0.2, 0.25) is 0 Å². The van der Waals surface area contributed by atoms with Crippen LogP contribution in [0.5, 0.6) is 0 Å². The van der Waals surface area contributed by atoms with E-state index in [9.17, 15) is 4.21 Å². The first-order chi connectivity index (χ1) is 7.94. The Hall–Kier alpha value is 0.0700. The molecule has 0 aromatic rings. The van der Waals surface area contributed by atoms with Gasteiger partial charge in [-0.15, -0.1) is 0 Å². The molecule has 2 aliphatic rings. The molecule has 3 nitrogen and oxygen atoms in total. The molecule has 4 heteroatoms. The third kappa shape index (κ3) is 2.91. The summed E-state index contributed by atoms with van der Waals surface area (Å²) in [6.07, 6.45) is 6.28. The smallest absolute Gasteiger partial charge is 0.0972 e. The van der Waals surface area contributed by atoms with E-state index < -0.39 is 11.0 Å². The van der Waals surface area contributed by atoms with E-state index in [2.05, 4.69) is 10.0 Å². The van der Waals surface area contributed by atoms with Gasteiger partial charge in [0.1, 0.15) is 0 Å². The number of hydrogen-bond acceptors (Lipinski definition) is 2. The van der Waals surface area contributed by atoms with Gasteiger partial charge in [-0.1, -0.05) is 6.42 Å².